The summed E-state index contributed by atoms with van der Waals surface area (Å²) in [5.74, 6) is -3.29. The zero-order valence-corrected chi connectivity index (χ0v) is 11.1. The molecular weight excluding hydrogens is 222 g/mol. The molecule has 1 unspecified atom stereocenters. The van der Waals surface area contributed by atoms with Crippen molar-refractivity contribution in [1.82, 2.24) is 0 Å². The number of halogens is 2. The summed E-state index contributed by atoms with van der Waals surface area (Å²) in [7, 11) is 0. The van der Waals surface area contributed by atoms with Gasteiger partial charge in [0, 0.05) is 12.5 Å². The molecule has 0 saturated carbocycles. The molecule has 0 bridgehead atoms. The fraction of sp³-hybridized carbons (Fsp3) is 0.857. The van der Waals surface area contributed by atoms with Crippen molar-refractivity contribution in [3.8, 4) is 0 Å². The van der Waals surface area contributed by atoms with Crippen LogP contribution in [0.15, 0.2) is 12.2 Å². The molecule has 0 spiro atoms. The first-order chi connectivity index (χ1) is 7.86. The molecule has 1 aliphatic rings. The zero-order chi connectivity index (χ0) is 12.9. The monoisotopic (exact) mass is 246 g/mol. The van der Waals surface area contributed by atoms with Crippen LogP contribution in [-0.2, 0) is 4.74 Å². The van der Waals surface area contributed by atoms with Crippen LogP contribution >= 0.6 is 0 Å². The predicted molar refractivity (Wildman–Crippen MR) is 66.3 cm³/mol. The van der Waals surface area contributed by atoms with Crippen LogP contribution in [0.5, 0.6) is 0 Å². The van der Waals surface area contributed by atoms with Crippen LogP contribution in [0.1, 0.15) is 46.5 Å². The summed E-state index contributed by atoms with van der Waals surface area (Å²) in [6, 6.07) is 0. The number of hydrogen-bond acceptors (Lipinski definition) is 1. The van der Waals surface area contributed by atoms with Crippen molar-refractivity contribution >= 4 is 0 Å². The number of ether oxygens (including phenoxy) is 1. The highest BCUT2D eigenvalue weighted by Crippen LogP contribution is 2.33. The van der Waals surface area contributed by atoms with Crippen LogP contribution in [0.4, 0.5) is 8.78 Å². The second kappa shape index (κ2) is 5.94. The molecule has 0 aromatic heterocycles. The van der Waals surface area contributed by atoms with Gasteiger partial charge in [-0.25, -0.2) is 8.78 Å². The topological polar surface area (TPSA) is 9.23 Å². The Hall–Kier alpha value is -0.440. The Bertz CT molecular complexity index is 253. The summed E-state index contributed by atoms with van der Waals surface area (Å²) in [5, 5.41) is 0. The molecule has 3 heteroatoms. The zero-order valence-electron chi connectivity index (χ0n) is 11.1. The molecule has 1 aliphatic heterocycles. The maximum atomic E-state index is 13.2. The first kappa shape index (κ1) is 14.6. The third kappa shape index (κ3) is 4.74. The van der Waals surface area contributed by atoms with Crippen molar-refractivity contribution in [1.29, 1.82) is 0 Å². The second-order valence-corrected chi connectivity index (χ2v) is 5.74. The van der Waals surface area contributed by atoms with Gasteiger partial charge in [0.25, 0.3) is 5.92 Å². The largest absolute Gasteiger partial charge is 0.381 e. The van der Waals surface area contributed by atoms with Gasteiger partial charge in [0.15, 0.2) is 0 Å². The minimum absolute atomic E-state index is 0.272. The highest BCUT2D eigenvalue weighted by Gasteiger charge is 2.30. The van der Waals surface area contributed by atoms with Gasteiger partial charge in [-0.1, -0.05) is 26.8 Å². The summed E-state index contributed by atoms with van der Waals surface area (Å²) >= 11 is 0. The molecule has 1 nitrogen and oxygen atoms in total. The summed E-state index contributed by atoms with van der Waals surface area (Å²) in [6.07, 6.45) is 6.54. The average Bonchev–Trinajstić information content (AvgIpc) is 2.64. The Labute approximate surface area is 103 Å². The van der Waals surface area contributed by atoms with Gasteiger partial charge < -0.3 is 4.74 Å². The van der Waals surface area contributed by atoms with E-state index in [1.807, 2.05) is 0 Å². The lowest BCUT2D eigenvalue weighted by Gasteiger charge is -2.20. The highest BCUT2D eigenvalue weighted by atomic mass is 19.3. The van der Waals surface area contributed by atoms with Gasteiger partial charge in [-0.15, -0.1) is 0 Å². The van der Waals surface area contributed by atoms with Crippen molar-refractivity contribution in [3.05, 3.63) is 12.2 Å². The summed E-state index contributed by atoms with van der Waals surface area (Å²) < 4.78 is 31.9. The van der Waals surface area contributed by atoms with Gasteiger partial charge in [-0.2, -0.15) is 0 Å². The number of alkyl halides is 2. The van der Waals surface area contributed by atoms with E-state index in [-0.39, 0.29) is 5.41 Å². The standard InChI is InChI=1S/C14H24F2O/c1-12(2)14(15,16)8-6-4-5-7-13(3)9-10-17-11-13/h6,8,12H,4-5,7,9-11H2,1-3H3/b8-6+. The maximum Gasteiger partial charge on any atom is 0.268 e. The minimum Gasteiger partial charge on any atom is -0.381 e. The van der Waals surface area contributed by atoms with E-state index in [1.165, 1.54) is 0 Å². The fourth-order valence-corrected chi connectivity index (χ4v) is 1.99. The molecule has 0 radical (unpaired) electrons. The third-order valence-corrected chi connectivity index (χ3v) is 3.56. The first-order valence-corrected chi connectivity index (χ1v) is 6.49. The van der Waals surface area contributed by atoms with Crippen LogP contribution in [0, 0.1) is 11.3 Å². The molecule has 1 saturated heterocycles. The van der Waals surface area contributed by atoms with E-state index in [9.17, 15) is 8.78 Å². The predicted octanol–water partition coefficient (Wildman–Crippen LogP) is 4.43. The number of hydrogen-bond donors (Lipinski definition) is 0. The molecule has 0 aromatic carbocycles. The van der Waals surface area contributed by atoms with E-state index in [0.717, 1.165) is 45.0 Å². The molecule has 100 valence electrons. The Morgan fingerprint density at radius 2 is 2.12 bits per heavy atom. The minimum atomic E-state index is -2.67. The van der Waals surface area contributed by atoms with E-state index in [4.69, 9.17) is 4.74 Å². The summed E-state index contributed by atoms with van der Waals surface area (Å²) in [4.78, 5) is 0. The van der Waals surface area contributed by atoms with Gasteiger partial charge in [-0.3, -0.25) is 0 Å². The Morgan fingerprint density at radius 3 is 2.65 bits per heavy atom. The number of allylic oxidation sites excluding steroid dienone is 2. The van der Waals surface area contributed by atoms with Gasteiger partial charge in [-0.05, 0) is 37.2 Å². The lowest BCUT2D eigenvalue weighted by atomic mass is 9.84. The van der Waals surface area contributed by atoms with Crippen LogP contribution < -0.4 is 0 Å². The van der Waals surface area contributed by atoms with Crippen LogP contribution in [-0.4, -0.2) is 19.1 Å². The summed E-state index contributed by atoms with van der Waals surface area (Å²) in [5.41, 5.74) is 0.272. The Morgan fingerprint density at radius 1 is 1.41 bits per heavy atom. The molecule has 1 fully saturated rings. The number of unbranched alkanes of at least 4 members (excludes halogenated alkanes) is 1. The first-order valence-electron chi connectivity index (χ1n) is 6.49. The van der Waals surface area contributed by atoms with E-state index >= 15 is 0 Å². The van der Waals surface area contributed by atoms with Crippen LogP contribution in [0.2, 0.25) is 0 Å². The smallest absolute Gasteiger partial charge is 0.268 e. The molecular formula is C14H24F2O. The number of rotatable bonds is 6. The van der Waals surface area contributed by atoms with Crippen molar-refractivity contribution in [2.24, 2.45) is 11.3 Å². The molecule has 1 heterocycles. The lowest BCUT2D eigenvalue weighted by molar-refractivity contribution is 0.00601. The SMILES string of the molecule is CC(C)C(F)(F)/C=C/CCCC1(C)CCOC1. The second-order valence-electron chi connectivity index (χ2n) is 5.74. The van der Waals surface area contributed by atoms with Crippen LogP contribution in [0.3, 0.4) is 0 Å². The van der Waals surface area contributed by atoms with Crippen molar-refractivity contribution in [3.63, 3.8) is 0 Å². The molecule has 17 heavy (non-hydrogen) atoms. The van der Waals surface area contributed by atoms with Crippen molar-refractivity contribution in [2.75, 3.05) is 13.2 Å². The van der Waals surface area contributed by atoms with E-state index in [1.54, 1.807) is 19.9 Å². The molecule has 0 amide bonds. The van der Waals surface area contributed by atoms with E-state index < -0.39 is 11.8 Å². The van der Waals surface area contributed by atoms with Crippen molar-refractivity contribution < 1.29 is 13.5 Å². The van der Waals surface area contributed by atoms with E-state index in [2.05, 4.69) is 6.92 Å². The lowest BCUT2D eigenvalue weighted by Crippen LogP contribution is -2.20. The molecule has 0 aromatic rings. The van der Waals surface area contributed by atoms with Gasteiger partial charge >= 0.3 is 0 Å². The molecule has 1 atom stereocenters. The van der Waals surface area contributed by atoms with Crippen LogP contribution in [0.25, 0.3) is 0 Å². The summed E-state index contributed by atoms with van der Waals surface area (Å²) in [6.45, 7) is 6.96. The molecule has 1 rings (SSSR count). The Kier molecular flexibility index (Phi) is 5.11. The highest BCUT2D eigenvalue weighted by molar-refractivity contribution is 4.96. The average molecular weight is 246 g/mol. The third-order valence-electron chi connectivity index (χ3n) is 3.56. The quantitative estimate of drug-likeness (QED) is 0.497. The molecule has 0 aliphatic carbocycles. The maximum absolute atomic E-state index is 13.2. The van der Waals surface area contributed by atoms with E-state index in [0.29, 0.717) is 0 Å². The normalized spacial score (nSPS) is 26.2. The van der Waals surface area contributed by atoms with Gasteiger partial charge in [0.05, 0.1) is 6.61 Å². The fourth-order valence-electron chi connectivity index (χ4n) is 1.99. The van der Waals surface area contributed by atoms with Gasteiger partial charge in [0.2, 0.25) is 0 Å². The van der Waals surface area contributed by atoms with Crippen molar-refractivity contribution in [2.45, 2.75) is 52.4 Å². The Balaban J connectivity index is 2.22. The molecule has 0 N–H and O–H groups in total. The van der Waals surface area contributed by atoms with Gasteiger partial charge in [0.1, 0.15) is 0 Å².